The number of benzene rings is 1. The molecule has 1 heterocycles. The van der Waals surface area contributed by atoms with Crippen LogP contribution in [0.3, 0.4) is 0 Å². The Bertz CT molecular complexity index is 786. The molecule has 1 aliphatic heterocycles. The number of fused-ring (bicyclic) bond motifs is 1. The van der Waals surface area contributed by atoms with Crippen LogP contribution in [0.15, 0.2) is 18.2 Å². The van der Waals surface area contributed by atoms with E-state index in [-0.39, 0.29) is 18.4 Å². The fourth-order valence-corrected chi connectivity index (χ4v) is 6.04. The van der Waals surface area contributed by atoms with Crippen LogP contribution in [0.4, 0.5) is 0 Å². The van der Waals surface area contributed by atoms with Gasteiger partial charge in [0.25, 0.3) is 0 Å². The first kappa shape index (κ1) is 17.0. The van der Waals surface area contributed by atoms with Gasteiger partial charge in [-0.2, -0.15) is 0 Å². The first-order valence-corrected chi connectivity index (χ1v) is 9.77. The van der Waals surface area contributed by atoms with E-state index in [2.05, 4.69) is 0 Å². The number of ether oxygens (including phenoxy) is 3. The molecular formula is C21H24O6. The van der Waals surface area contributed by atoms with Crippen molar-refractivity contribution < 1.29 is 28.9 Å². The van der Waals surface area contributed by atoms with Crippen LogP contribution in [-0.2, 0) is 9.53 Å². The van der Waals surface area contributed by atoms with Gasteiger partial charge in [0.1, 0.15) is 13.2 Å². The normalized spacial score (nSPS) is 35.7. The van der Waals surface area contributed by atoms with Crippen molar-refractivity contribution in [2.45, 2.75) is 44.1 Å². The first-order chi connectivity index (χ1) is 12.9. The third-order valence-corrected chi connectivity index (χ3v) is 6.66. The molecule has 4 bridgehead atoms. The van der Waals surface area contributed by atoms with Gasteiger partial charge in [0.15, 0.2) is 23.9 Å². The maximum Gasteiger partial charge on any atom is 0.312 e. The molecule has 2 atom stereocenters. The third-order valence-electron chi connectivity index (χ3n) is 6.66. The summed E-state index contributed by atoms with van der Waals surface area (Å²) < 4.78 is 16.4. The van der Waals surface area contributed by atoms with Crippen LogP contribution in [0, 0.1) is 17.3 Å². The fraction of sp³-hybridized carbons (Fsp3) is 0.619. The molecule has 1 N–H and O–H groups in total. The third kappa shape index (κ3) is 2.90. The summed E-state index contributed by atoms with van der Waals surface area (Å²) in [7, 11) is 0. The van der Waals surface area contributed by atoms with Crippen molar-refractivity contribution in [2.75, 3.05) is 19.8 Å². The second kappa shape index (κ2) is 5.96. The number of carbonyl (C=O) groups is 2. The summed E-state index contributed by atoms with van der Waals surface area (Å²) in [4.78, 5) is 25.4. The molecular weight excluding hydrogens is 348 g/mol. The molecule has 0 aromatic heterocycles. The van der Waals surface area contributed by atoms with Crippen LogP contribution >= 0.6 is 0 Å². The molecule has 0 radical (unpaired) electrons. The number of aliphatic hydroxyl groups is 1. The van der Waals surface area contributed by atoms with Crippen molar-refractivity contribution in [1.29, 1.82) is 0 Å². The molecule has 4 saturated carbocycles. The first-order valence-electron chi connectivity index (χ1n) is 9.77. The molecule has 1 aromatic carbocycles. The van der Waals surface area contributed by atoms with Crippen LogP contribution in [0.5, 0.6) is 11.5 Å². The highest BCUT2D eigenvalue weighted by Crippen LogP contribution is 2.61. The SMILES string of the molecule is O=C(COC(=O)C12C[C@H]3C[C@@H](CC(O)(C3)C1)C2)c1ccc2c(c1)OCCO2. The molecule has 6 nitrogen and oxygen atoms in total. The van der Waals surface area contributed by atoms with Crippen LogP contribution < -0.4 is 9.47 Å². The summed E-state index contributed by atoms with van der Waals surface area (Å²) >= 11 is 0. The van der Waals surface area contributed by atoms with Crippen molar-refractivity contribution in [3.63, 3.8) is 0 Å². The van der Waals surface area contributed by atoms with Crippen molar-refractivity contribution in [1.82, 2.24) is 0 Å². The average molecular weight is 372 g/mol. The molecule has 0 saturated heterocycles. The van der Waals surface area contributed by atoms with Gasteiger partial charge in [0, 0.05) is 5.56 Å². The fourth-order valence-electron chi connectivity index (χ4n) is 6.04. The lowest BCUT2D eigenvalue weighted by atomic mass is 9.48. The smallest absolute Gasteiger partial charge is 0.312 e. The summed E-state index contributed by atoms with van der Waals surface area (Å²) in [6.07, 6.45) is 4.74. The predicted molar refractivity (Wildman–Crippen MR) is 94.8 cm³/mol. The zero-order valence-electron chi connectivity index (χ0n) is 15.2. The van der Waals surface area contributed by atoms with Gasteiger partial charge in [-0.05, 0) is 68.6 Å². The molecule has 5 aliphatic rings. The van der Waals surface area contributed by atoms with Crippen molar-refractivity contribution >= 4 is 11.8 Å². The molecule has 4 aliphatic carbocycles. The Kier molecular flexibility index (Phi) is 3.76. The summed E-state index contributed by atoms with van der Waals surface area (Å²) in [6, 6.07) is 5.01. The monoisotopic (exact) mass is 372 g/mol. The molecule has 27 heavy (non-hydrogen) atoms. The lowest BCUT2D eigenvalue weighted by molar-refractivity contribution is -0.195. The van der Waals surface area contributed by atoms with Crippen LogP contribution in [-0.4, -0.2) is 42.3 Å². The Hall–Kier alpha value is -2.08. The van der Waals surface area contributed by atoms with Crippen molar-refractivity contribution in [3.05, 3.63) is 23.8 Å². The summed E-state index contributed by atoms with van der Waals surface area (Å²) in [5, 5.41) is 10.8. The highest BCUT2D eigenvalue weighted by atomic mass is 16.6. The minimum Gasteiger partial charge on any atom is -0.486 e. The Morgan fingerprint density at radius 3 is 2.48 bits per heavy atom. The molecule has 0 unspecified atom stereocenters. The highest BCUT2D eigenvalue weighted by Gasteiger charge is 2.60. The van der Waals surface area contributed by atoms with E-state index in [9.17, 15) is 14.7 Å². The zero-order valence-corrected chi connectivity index (χ0v) is 15.2. The van der Waals surface area contributed by atoms with Gasteiger partial charge in [-0.25, -0.2) is 0 Å². The number of rotatable bonds is 4. The van der Waals surface area contributed by atoms with E-state index in [0.29, 0.717) is 48.5 Å². The second-order valence-electron chi connectivity index (χ2n) is 8.82. The van der Waals surface area contributed by atoms with E-state index in [4.69, 9.17) is 14.2 Å². The molecule has 144 valence electrons. The van der Waals surface area contributed by atoms with Gasteiger partial charge in [-0.15, -0.1) is 0 Å². The number of carbonyl (C=O) groups excluding carboxylic acids is 2. The number of ketones is 1. The molecule has 1 aromatic rings. The lowest BCUT2D eigenvalue weighted by Crippen LogP contribution is -2.58. The summed E-state index contributed by atoms with van der Waals surface area (Å²) in [5.41, 5.74) is -0.884. The van der Waals surface area contributed by atoms with Gasteiger partial charge in [0.05, 0.1) is 11.0 Å². The summed E-state index contributed by atoms with van der Waals surface area (Å²) in [6.45, 7) is 0.662. The second-order valence-corrected chi connectivity index (χ2v) is 8.82. The predicted octanol–water partition coefficient (Wildman–Crippen LogP) is 2.52. The van der Waals surface area contributed by atoms with Crippen LogP contribution in [0.25, 0.3) is 0 Å². The standard InChI is InChI=1S/C21H24O6/c22-16(15-1-2-17-18(6-15)26-4-3-25-17)11-27-19(23)20-7-13-5-14(8-20)10-21(24,9-13)12-20/h1-2,6,13-14,24H,3-5,7-12H2/t13-,14-,20?,21?/m1/s1. The topological polar surface area (TPSA) is 82.1 Å². The minimum atomic E-state index is -0.719. The minimum absolute atomic E-state index is 0.260. The zero-order chi connectivity index (χ0) is 18.6. The molecule has 6 heteroatoms. The van der Waals surface area contributed by atoms with E-state index < -0.39 is 11.0 Å². The molecule has 0 spiro atoms. The number of hydrogen-bond donors (Lipinski definition) is 1. The van der Waals surface area contributed by atoms with Gasteiger partial charge >= 0.3 is 5.97 Å². The number of Topliss-reactive ketones (excluding diaryl/α,β-unsaturated/α-hetero) is 1. The van der Waals surface area contributed by atoms with Crippen LogP contribution in [0.2, 0.25) is 0 Å². The average Bonchev–Trinajstić information content (AvgIpc) is 2.63. The van der Waals surface area contributed by atoms with Gasteiger partial charge < -0.3 is 19.3 Å². The Morgan fingerprint density at radius 2 is 1.78 bits per heavy atom. The molecule has 6 rings (SSSR count). The van der Waals surface area contributed by atoms with E-state index in [1.165, 1.54) is 0 Å². The molecule has 4 fully saturated rings. The highest BCUT2D eigenvalue weighted by molar-refractivity contribution is 5.98. The Labute approximate surface area is 157 Å². The largest absolute Gasteiger partial charge is 0.486 e. The van der Waals surface area contributed by atoms with Crippen LogP contribution in [0.1, 0.15) is 48.9 Å². The van der Waals surface area contributed by atoms with E-state index in [1.807, 2.05) is 0 Å². The van der Waals surface area contributed by atoms with Crippen molar-refractivity contribution in [2.24, 2.45) is 17.3 Å². The maximum absolute atomic E-state index is 12.9. The van der Waals surface area contributed by atoms with Gasteiger partial charge in [0.2, 0.25) is 0 Å². The Balaban J connectivity index is 1.26. The quantitative estimate of drug-likeness (QED) is 0.646. The van der Waals surface area contributed by atoms with Gasteiger partial charge in [-0.3, -0.25) is 9.59 Å². The number of hydrogen-bond acceptors (Lipinski definition) is 6. The van der Waals surface area contributed by atoms with Gasteiger partial charge in [-0.1, -0.05) is 0 Å². The lowest BCUT2D eigenvalue weighted by Gasteiger charge is -2.58. The number of esters is 1. The van der Waals surface area contributed by atoms with E-state index in [0.717, 1.165) is 32.1 Å². The van der Waals surface area contributed by atoms with Crippen molar-refractivity contribution in [3.8, 4) is 11.5 Å². The molecule has 0 amide bonds. The Morgan fingerprint density at radius 1 is 1.07 bits per heavy atom. The summed E-state index contributed by atoms with van der Waals surface area (Å²) in [5.74, 6) is 1.39. The van der Waals surface area contributed by atoms with E-state index >= 15 is 0 Å². The maximum atomic E-state index is 12.9. The van der Waals surface area contributed by atoms with E-state index in [1.54, 1.807) is 18.2 Å².